The first kappa shape index (κ1) is 16.7. The molecule has 1 spiro atoms. The Morgan fingerprint density at radius 2 is 1.64 bits per heavy atom. The lowest BCUT2D eigenvalue weighted by Gasteiger charge is -2.36. The molecule has 0 bridgehead atoms. The molecule has 28 heavy (non-hydrogen) atoms. The second-order valence-electron chi connectivity index (χ2n) is 6.67. The smallest absolute Gasteiger partial charge is 0.340 e. The summed E-state index contributed by atoms with van der Waals surface area (Å²) in [4.78, 5) is 24.8. The molecule has 2 aliphatic heterocycles. The van der Waals surface area contributed by atoms with Gasteiger partial charge in [0.2, 0.25) is 0 Å². The summed E-state index contributed by atoms with van der Waals surface area (Å²) in [5.74, 6) is -0.747. The molecule has 0 saturated heterocycles. The van der Waals surface area contributed by atoms with Crippen LogP contribution in [0.2, 0.25) is 0 Å². The highest BCUT2D eigenvalue weighted by Gasteiger charge is 2.53. The van der Waals surface area contributed by atoms with Gasteiger partial charge in [-0.25, -0.2) is 9.59 Å². The van der Waals surface area contributed by atoms with Crippen molar-refractivity contribution in [2.75, 3.05) is 5.73 Å². The number of carboxylic acids is 1. The molecule has 0 radical (unpaired) electrons. The summed E-state index contributed by atoms with van der Waals surface area (Å²) in [6.45, 7) is 0. The zero-order chi connectivity index (χ0) is 19.6. The van der Waals surface area contributed by atoms with Gasteiger partial charge in [0.15, 0.2) is 5.60 Å². The van der Waals surface area contributed by atoms with Crippen molar-refractivity contribution in [2.24, 2.45) is 0 Å². The molecule has 3 aromatic rings. The number of carboxylic acid groups (broad SMARTS) is 1. The minimum Gasteiger partial charge on any atom is -0.478 e. The number of thiol groups is 1. The average Bonchev–Trinajstić information content (AvgIpc) is 2.94. The number of rotatable bonds is 1. The van der Waals surface area contributed by atoms with Gasteiger partial charge in [-0.15, -0.1) is 12.6 Å². The molecule has 7 heteroatoms. The molecular formula is C21H13NO5S. The maximum Gasteiger partial charge on any atom is 0.340 e. The van der Waals surface area contributed by atoms with Crippen LogP contribution in [0.4, 0.5) is 5.69 Å². The number of aromatic carboxylic acids is 1. The van der Waals surface area contributed by atoms with Gasteiger partial charge in [-0.1, -0.05) is 6.07 Å². The Morgan fingerprint density at radius 3 is 2.39 bits per heavy atom. The summed E-state index contributed by atoms with van der Waals surface area (Å²) >= 11 is 4.37. The summed E-state index contributed by atoms with van der Waals surface area (Å²) in [6, 6.07) is 14.9. The van der Waals surface area contributed by atoms with Crippen LogP contribution in [0.5, 0.6) is 11.5 Å². The Kier molecular flexibility index (Phi) is 3.30. The third-order valence-corrected chi connectivity index (χ3v) is 5.34. The fourth-order valence-corrected chi connectivity index (χ4v) is 4.06. The highest BCUT2D eigenvalue weighted by Crippen LogP contribution is 2.56. The zero-order valence-corrected chi connectivity index (χ0v) is 15.2. The molecule has 3 N–H and O–H groups in total. The number of carbonyl (C=O) groups is 2. The van der Waals surface area contributed by atoms with Gasteiger partial charge in [0.25, 0.3) is 0 Å². The number of fused-ring (bicyclic) bond motifs is 6. The third-order valence-electron chi connectivity index (χ3n) is 5.06. The van der Waals surface area contributed by atoms with E-state index in [0.29, 0.717) is 38.8 Å². The van der Waals surface area contributed by atoms with E-state index in [2.05, 4.69) is 12.6 Å². The van der Waals surface area contributed by atoms with Gasteiger partial charge in [0.05, 0.1) is 11.1 Å². The van der Waals surface area contributed by atoms with Crippen molar-refractivity contribution in [3.63, 3.8) is 0 Å². The van der Waals surface area contributed by atoms with E-state index in [9.17, 15) is 14.7 Å². The Balaban J connectivity index is 1.87. The number of nitrogens with two attached hydrogens (primary N) is 1. The van der Waals surface area contributed by atoms with Crippen LogP contribution in [0.25, 0.3) is 0 Å². The van der Waals surface area contributed by atoms with Crippen molar-refractivity contribution >= 4 is 30.3 Å². The van der Waals surface area contributed by atoms with Crippen LogP contribution in [0.1, 0.15) is 37.4 Å². The average molecular weight is 391 g/mol. The van der Waals surface area contributed by atoms with Crippen LogP contribution < -0.4 is 10.5 Å². The molecule has 0 aromatic heterocycles. The van der Waals surface area contributed by atoms with Crippen LogP contribution in [0.15, 0.2) is 59.5 Å². The van der Waals surface area contributed by atoms with Crippen molar-refractivity contribution in [3.05, 3.63) is 82.4 Å². The van der Waals surface area contributed by atoms with Gasteiger partial charge >= 0.3 is 11.9 Å². The lowest BCUT2D eigenvalue weighted by Crippen LogP contribution is -2.33. The van der Waals surface area contributed by atoms with Crippen LogP contribution >= 0.6 is 12.6 Å². The number of carbonyl (C=O) groups excluding carboxylic acids is 1. The quantitative estimate of drug-likeness (QED) is 0.331. The molecule has 5 rings (SSSR count). The summed E-state index contributed by atoms with van der Waals surface area (Å²) in [6.07, 6.45) is 0. The summed E-state index contributed by atoms with van der Waals surface area (Å²) in [5, 5.41) is 9.29. The first-order valence-electron chi connectivity index (χ1n) is 8.42. The van der Waals surface area contributed by atoms with Crippen molar-refractivity contribution in [3.8, 4) is 11.5 Å². The van der Waals surface area contributed by atoms with E-state index >= 15 is 0 Å². The van der Waals surface area contributed by atoms with E-state index in [1.54, 1.807) is 42.5 Å². The second-order valence-corrected chi connectivity index (χ2v) is 7.19. The van der Waals surface area contributed by atoms with E-state index in [4.69, 9.17) is 15.2 Å². The van der Waals surface area contributed by atoms with E-state index in [0.717, 1.165) is 0 Å². The lowest BCUT2D eigenvalue weighted by atomic mass is 9.77. The highest BCUT2D eigenvalue weighted by atomic mass is 32.1. The van der Waals surface area contributed by atoms with Crippen LogP contribution in [0, 0.1) is 0 Å². The van der Waals surface area contributed by atoms with Crippen LogP contribution in [-0.4, -0.2) is 17.0 Å². The fraction of sp³-hybridized carbons (Fsp3) is 0.0476. The summed E-state index contributed by atoms with van der Waals surface area (Å²) < 4.78 is 12.0. The standard InChI is InChI=1S/C21H13NO5S/c22-11-2-5-15-17(8-11)26-18-9-12(28)3-6-16(18)21(15)14-4-1-10(19(23)24)7-13(14)20(25)27-21/h1-9,28H,22H2,(H,23,24). The van der Waals surface area contributed by atoms with Crippen LogP contribution in [-0.2, 0) is 10.3 Å². The molecule has 0 aliphatic carbocycles. The normalized spacial score (nSPS) is 18.7. The predicted molar refractivity (Wildman–Crippen MR) is 103 cm³/mol. The monoisotopic (exact) mass is 391 g/mol. The molecule has 0 saturated carbocycles. The van der Waals surface area contributed by atoms with Crippen molar-refractivity contribution in [2.45, 2.75) is 10.5 Å². The van der Waals surface area contributed by atoms with Crippen LogP contribution in [0.3, 0.4) is 0 Å². The third kappa shape index (κ3) is 2.10. The fourth-order valence-electron chi connectivity index (χ4n) is 3.87. The SMILES string of the molecule is Nc1ccc2c(c1)Oc1cc(S)ccc1C21OC(=O)c2cc(C(=O)O)ccc21. The van der Waals surface area contributed by atoms with E-state index in [1.807, 2.05) is 0 Å². The number of ether oxygens (including phenoxy) is 2. The number of nitrogen functional groups attached to an aromatic ring is 1. The van der Waals surface area contributed by atoms with Crippen molar-refractivity contribution in [1.82, 2.24) is 0 Å². The lowest BCUT2D eigenvalue weighted by molar-refractivity contribution is 0.0224. The molecule has 3 aromatic carbocycles. The summed E-state index contributed by atoms with van der Waals surface area (Å²) in [7, 11) is 0. The van der Waals surface area contributed by atoms with Crippen molar-refractivity contribution in [1.29, 1.82) is 0 Å². The van der Waals surface area contributed by atoms with Gasteiger partial charge in [0, 0.05) is 33.3 Å². The Morgan fingerprint density at radius 1 is 0.964 bits per heavy atom. The second kappa shape index (κ2) is 5.53. The topological polar surface area (TPSA) is 98.9 Å². The number of hydrogen-bond donors (Lipinski definition) is 3. The molecule has 0 fully saturated rings. The van der Waals surface area contributed by atoms with E-state index in [-0.39, 0.29) is 11.1 Å². The van der Waals surface area contributed by atoms with Gasteiger partial charge in [-0.2, -0.15) is 0 Å². The Bertz CT molecular complexity index is 1150. The number of hydrogen-bond acceptors (Lipinski definition) is 6. The molecule has 0 amide bonds. The minimum absolute atomic E-state index is 0.0169. The Hall–Kier alpha value is -3.45. The first-order chi connectivity index (χ1) is 13.4. The maximum atomic E-state index is 12.8. The predicted octanol–water partition coefficient (Wildman–Crippen LogP) is 3.82. The van der Waals surface area contributed by atoms with Gasteiger partial charge < -0.3 is 20.3 Å². The van der Waals surface area contributed by atoms with Gasteiger partial charge in [0.1, 0.15) is 11.5 Å². The molecule has 138 valence electrons. The molecular weight excluding hydrogens is 378 g/mol. The molecule has 2 heterocycles. The van der Waals surface area contributed by atoms with Crippen molar-refractivity contribution < 1.29 is 24.2 Å². The molecule has 1 unspecified atom stereocenters. The molecule has 2 aliphatic rings. The zero-order valence-electron chi connectivity index (χ0n) is 14.3. The maximum absolute atomic E-state index is 12.8. The van der Waals surface area contributed by atoms with Gasteiger partial charge in [-0.05, 0) is 42.5 Å². The number of anilines is 1. The highest BCUT2D eigenvalue weighted by molar-refractivity contribution is 7.80. The minimum atomic E-state index is -1.25. The number of benzene rings is 3. The molecule has 6 nitrogen and oxygen atoms in total. The van der Waals surface area contributed by atoms with Gasteiger partial charge in [-0.3, -0.25) is 0 Å². The van der Waals surface area contributed by atoms with E-state index < -0.39 is 17.5 Å². The molecule has 1 atom stereocenters. The largest absolute Gasteiger partial charge is 0.478 e. The number of esters is 1. The summed E-state index contributed by atoms with van der Waals surface area (Å²) in [5.41, 5.74) is 7.23. The first-order valence-corrected chi connectivity index (χ1v) is 8.87. The Labute approximate surface area is 164 Å². The van der Waals surface area contributed by atoms with E-state index in [1.165, 1.54) is 12.1 Å².